The van der Waals surface area contributed by atoms with Gasteiger partial charge in [0, 0.05) is 13.6 Å². The van der Waals surface area contributed by atoms with E-state index in [1.165, 1.54) is 11.4 Å². The summed E-state index contributed by atoms with van der Waals surface area (Å²) in [6, 6.07) is 2.15. The van der Waals surface area contributed by atoms with E-state index in [1.807, 2.05) is 0 Å². The minimum atomic E-state index is -3.84. The van der Waals surface area contributed by atoms with Crippen LogP contribution in [0.1, 0.15) is 23.7 Å². The van der Waals surface area contributed by atoms with E-state index < -0.39 is 16.0 Å². The predicted octanol–water partition coefficient (Wildman–Crippen LogP) is 2.97. The highest BCUT2D eigenvalue weighted by atomic mass is 35.5. The fourth-order valence-corrected chi connectivity index (χ4v) is 4.19. The van der Waals surface area contributed by atoms with Gasteiger partial charge in [-0.3, -0.25) is 0 Å². The third-order valence-electron chi connectivity index (χ3n) is 3.71. The Balaban J connectivity index is 2.39. The molecular weight excluding hydrogens is 337 g/mol. The van der Waals surface area contributed by atoms with Gasteiger partial charge in [-0.2, -0.15) is 0 Å². The number of nitrogens with zero attached hydrogens (tertiary/aromatic N) is 1. The summed E-state index contributed by atoms with van der Waals surface area (Å²) < 4.78 is 26.2. The number of aromatic carboxylic acids is 1. The molecule has 0 saturated heterocycles. The number of carboxylic acid groups (broad SMARTS) is 1. The number of hydrogen-bond acceptors (Lipinski definition) is 3. The van der Waals surface area contributed by atoms with Crippen molar-refractivity contribution in [3.8, 4) is 0 Å². The third-order valence-corrected chi connectivity index (χ3v) is 6.31. The lowest BCUT2D eigenvalue weighted by molar-refractivity contribution is 0.0697. The van der Waals surface area contributed by atoms with Gasteiger partial charge in [0.15, 0.2) is 0 Å². The minimum absolute atomic E-state index is 0.0827. The lowest BCUT2D eigenvalue weighted by Gasteiger charge is -2.18. The fourth-order valence-electron chi connectivity index (χ4n) is 2.14. The third kappa shape index (κ3) is 3.34. The summed E-state index contributed by atoms with van der Waals surface area (Å²) in [5.41, 5.74) is -0.284. The van der Waals surface area contributed by atoms with Crippen LogP contribution in [-0.2, 0) is 10.0 Å². The molecule has 5 nitrogen and oxygen atoms in total. The number of hydrogen-bond donors (Lipinski definition) is 1. The Morgan fingerprint density at radius 3 is 2.43 bits per heavy atom. The molecule has 1 fully saturated rings. The molecule has 2 rings (SSSR count). The molecule has 0 bridgehead atoms. The van der Waals surface area contributed by atoms with Gasteiger partial charge in [0.25, 0.3) is 0 Å². The molecule has 1 aromatic rings. The zero-order valence-corrected chi connectivity index (χ0v) is 13.8. The van der Waals surface area contributed by atoms with Crippen molar-refractivity contribution < 1.29 is 18.3 Å². The van der Waals surface area contributed by atoms with Crippen LogP contribution in [0.2, 0.25) is 10.0 Å². The molecule has 1 N–H and O–H groups in total. The molecule has 8 heteroatoms. The Kier molecular flexibility index (Phi) is 4.54. The first-order valence-electron chi connectivity index (χ1n) is 6.33. The van der Waals surface area contributed by atoms with Gasteiger partial charge in [-0.15, -0.1) is 0 Å². The quantitative estimate of drug-likeness (QED) is 0.884. The zero-order chi connectivity index (χ0) is 15.9. The molecule has 21 heavy (non-hydrogen) atoms. The Labute approximate surface area is 133 Å². The molecule has 1 saturated carbocycles. The second-order valence-electron chi connectivity index (χ2n) is 5.33. The molecule has 0 amide bonds. The van der Waals surface area contributed by atoms with Gasteiger partial charge >= 0.3 is 5.97 Å². The van der Waals surface area contributed by atoms with Crippen molar-refractivity contribution >= 4 is 39.2 Å². The summed E-state index contributed by atoms with van der Waals surface area (Å²) in [6.45, 7) is 2.45. The van der Waals surface area contributed by atoms with Crippen molar-refractivity contribution in [3.05, 3.63) is 27.7 Å². The maximum absolute atomic E-state index is 12.5. The van der Waals surface area contributed by atoms with Crippen molar-refractivity contribution in [2.75, 3.05) is 13.6 Å². The van der Waals surface area contributed by atoms with Crippen LogP contribution >= 0.6 is 23.2 Å². The second kappa shape index (κ2) is 5.76. The van der Waals surface area contributed by atoms with E-state index in [-0.39, 0.29) is 20.5 Å². The first-order chi connectivity index (χ1) is 9.64. The van der Waals surface area contributed by atoms with E-state index >= 15 is 0 Å². The molecule has 0 heterocycles. The maximum atomic E-state index is 12.5. The largest absolute Gasteiger partial charge is 0.478 e. The summed E-state index contributed by atoms with van der Waals surface area (Å²) >= 11 is 11.7. The van der Waals surface area contributed by atoms with E-state index in [1.54, 1.807) is 0 Å². The molecule has 1 aliphatic rings. The number of halogens is 2. The molecule has 2 atom stereocenters. The first kappa shape index (κ1) is 16.5. The second-order valence-corrected chi connectivity index (χ2v) is 8.15. The normalized spacial score (nSPS) is 21.6. The molecule has 0 spiro atoms. The van der Waals surface area contributed by atoms with E-state index in [4.69, 9.17) is 28.3 Å². The van der Waals surface area contributed by atoms with Gasteiger partial charge in [-0.1, -0.05) is 30.1 Å². The van der Waals surface area contributed by atoms with Gasteiger partial charge < -0.3 is 5.11 Å². The van der Waals surface area contributed by atoms with Crippen molar-refractivity contribution in [1.82, 2.24) is 4.31 Å². The minimum Gasteiger partial charge on any atom is -0.478 e. The molecule has 0 radical (unpaired) electrons. The average Bonchev–Trinajstić information content (AvgIpc) is 3.03. The van der Waals surface area contributed by atoms with Crippen LogP contribution < -0.4 is 0 Å². The summed E-state index contributed by atoms with van der Waals surface area (Å²) in [4.78, 5) is 10.8. The number of carbonyl (C=O) groups is 1. The first-order valence-corrected chi connectivity index (χ1v) is 8.53. The number of benzene rings is 1. The molecule has 0 aromatic heterocycles. The van der Waals surface area contributed by atoms with Gasteiger partial charge in [0.05, 0.1) is 15.6 Å². The Morgan fingerprint density at radius 1 is 1.38 bits per heavy atom. The highest BCUT2D eigenvalue weighted by Gasteiger charge is 2.36. The standard InChI is InChI=1S/C13H15Cl2NO4S/c1-7-3-8(7)6-16(2)21(19,20)12-4-9(13(17)18)10(14)5-11(12)15/h4-5,7-8H,3,6H2,1-2H3,(H,17,18). The topological polar surface area (TPSA) is 74.7 Å². The van der Waals surface area contributed by atoms with E-state index in [9.17, 15) is 13.2 Å². The molecule has 1 aliphatic carbocycles. The highest BCUT2D eigenvalue weighted by molar-refractivity contribution is 7.89. The van der Waals surface area contributed by atoms with Gasteiger partial charge in [-0.25, -0.2) is 17.5 Å². The number of rotatable bonds is 5. The average molecular weight is 352 g/mol. The summed E-state index contributed by atoms with van der Waals surface area (Å²) in [5.74, 6) is -0.445. The van der Waals surface area contributed by atoms with Crippen molar-refractivity contribution in [3.63, 3.8) is 0 Å². The molecule has 0 aliphatic heterocycles. The van der Waals surface area contributed by atoms with Crippen molar-refractivity contribution in [1.29, 1.82) is 0 Å². The summed E-state index contributed by atoms with van der Waals surface area (Å²) in [5, 5.41) is 8.86. The van der Waals surface area contributed by atoms with Crippen LogP contribution in [0.3, 0.4) is 0 Å². The number of sulfonamides is 1. The van der Waals surface area contributed by atoms with Gasteiger partial charge in [0.1, 0.15) is 4.90 Å². The van der Waals surface area contributed by atoms with E-state index in [2.05, 4.69) is 6.92 Å². The van der Waals surface area contributed by atoms with Crippen LogP contribution in [0, 0.1) is 11.8 Å². The van der Waals surface area contributed by atoms with Crippen LogP contribution in [-0.4, -0.2) is 37.4 Å². The zero-order valence-electron chi connectivity index (χ0n) is 11.5. The SMILES string of the molecule is CC1CC1CN(C)S(=O)(=O)c1cc(C(=O)O)c(Cl)cc1Cl. The molecular formula is C13H15Cl2NO4S. The van der Waals surface area contributed by atoms with Gasteiger partial charge in [0.2, 0.25) is 10.0 Å². The lowest BCUT2D eigenvalue weighted by Crippen LogP contribution is -2.29. The van der Waals surface area contributed by atoms with Crippen LogP contribution in [0.5, 0.6) is 0 Å². The van der Waals surface area contributed by atoms with E-state index in [0.29, 0.717) is 18.4 Å². The lowest BCUT2D eigenvalue weighted by atomic mass is 10.2. The monoisotopic (exact) mass is 351 g/mol. The summed E-state index contributed by atoms with van der Waals surface area (Å²) in [7, 11) is -2.38. The van der Waals surface area contributed by atoms with Gasteiger partial charge in [-0.05, 0) is 30.4 Å². The number of carboxylic acids is 1. The van der Waals surface area contributed by atoms with E-state index in [0.717, 1.165) is 18.6 Å². The smallest absolute Gasteiger partial charge is 0.337 e. The molecule has 116 valence electrons. The molecule has 2 unspecified atom stereocenters. The van der Waals surface area contributed by atoms with Crippen LogP contribution in [0.25, 0.3) is 0 Å². The van der Waals surface area contributed by atoms with Crippen molar-refractivity contribution in [2.24, 2.45) is 11.8 Å². The Bertz CT molecular complexity index is 690. The Morgan fingerprint density at radius 2 is 1.95 bits per heavy atom. The predicted molar refractivity (Wildman–Crippen MR) is 80.5 cm³/mol. The van der Waals surface area contributed by atoms with Crippen LogP contribution in [0.4, 0.5) is 0 Å². The maximum Gasteiger partial charge on any atom is 0.337 e. The summed E-state index contributed by atoms with van der Waals surface area (Å²) in [6.07, 6.45) is 0.995. The van der Waals surface area contributed by atoms with Crippen LogP contribution in [0.15, 0.2) is 17.0 Å². The highest BCUT2D eigenvalue weighted by Crippen LogP contribution is 2.39. The fraction of sp³-hybridized carbons (Fsp3) is 0.462. The molecule has 1 aromatic carbocycles. The Hall–Kier alpha value is -0.820. The van der Waals surface area contributed by atoms with Crippen molar-refractivity contribution in [2.45, 2.75) is 18.2 Å².